The molecule has 0 atom stereocenters. The lowest BCUT2D eigenvalue weighted by Crippen LogP contribution is -1.92. The van der Waals surface area contributed by atoms with Crippen LogP contribution < -0.4 is 0 Å². The average Bonchev–Trinajstić information content (AvgIpc) is 3.09. The van der Waals surface area contributed by atoms with Crippen LogP contribution in [-0.2, 0) is 6.61 Å². The molecule has 0 radical (unpaired) electrons. The van der Waals surface area contributed by atoms with Gasteiger partial charge in [-0.15, -0.1) is 0 Å². The molecule has 100 valence electrons. The normalized spacial score (nSPS) is 14.9. The molecule has 1 aliphatic carbocycles. The van der Waals surface area contributed by atoms with Crippen molar-refractivity contribution in [2.75, 3.05) is 0 Å². The first-order valence-corrected chi connectivity index (χ1v) is 6.61. The molecule has 0 saturated heterocycles. The summed E-state index contributed by atoms with van der Waals surface area (Å²) < 4.78 is 18.5. The van der Waals surface area contributed by atoms with Crippen LogP contribution in [0.5, 0.6) is 0 Å². The standard InChI is InChI=1S/C13H10Cl2FNO2/c14-9-3-7(16)4-10(15)11(9)12-8(5-18)13(19-17-12)6-1-2-6/h3-4,6,18H,1-2,5H2. The van der Waals surface area contributed by atoms with Crippen LogP contribution in [-0.4, -0.2) is 10.3 Å². The Labute approximate surface area is 118 Å². The zero-order valence-corrected chi connectivity index (χ0v) is 11.3. The van der Waals surface area contributed by atoms with Gasteiger partial charge < -0.3 is 9.63 Å². The van der Waals surface area contributed by atoms with Gasteiger partial charge in [0.1, 0.15) is 17.3 Å². The van der Waals surface area contributed by atoms with Gasteiger partial charge in [-0.2, -0.15) is 0 Å². The van der Waals surface area contributed by atoms with Crippen molar-refractivity contribution in [2.24, 2.45) is 0 Å². The van der Waals surface area contributed by atoms with E-state index in [9.17, 15) is 9.50 Å². The molecule has 0 bridgehead atoms. The lowest BCUT2D eigenvalue weighted by Gasteiger charge is -2.06. The van der Waals surface area contributed by atoms with Crippen LogP contribution in [0.3, 0.4) is 0 Å². The van der Waals surface area contributed by atoms with Crippen molar-refractivity contribution in [2.45, 2.75) is 25.4 Å². The average molecular weight is 302 g/mol. The lowest BCUT2D eigenvalue weighted by atomic mass is 10.0. The largest absolute Gasteiger partial charge is 0.391 e. The zero-order chi connectivity index (χ0) is 13.6. The van der Waals surface area contributed by atoms with Gasteiger partial charge in [0.25, 0.3) is 0 Å². The summed E-state index contributed by atoms with van der Waals surface area (Å²) in [6.07, 6.45) is 2.04. The van der Waals surface area contributed by atoms with Crippen molar-refractivity contribution < 1.29 is 14.0 Å². The number of rotatable bonds is 3. The van der Waals surface area contributed by atoms with E-state index in [1.807, 2.05) is 0 Å². The fourth-order valence-corrected chi connectivity index (χ4v) is 2.75. The van der Waals surface area contributed by atoms with Crippen molar-refractivity contribution >= 4 is 23.2 Å². The summed E-state index contributed by atoms with van der Waals surface area (Å²) in [5.41, 5.74) is 1.36. The number of nitrogens with zero attached hydrogens (tertiary/aromatic N) is 1. The SMILES string of the molecule is OCc1c(-c2c(Cl)cc(F)cc2Cl)noc1C1CC1. The molecule has 3 rings (SSSR count). The second-order valence-corrected chi connectivity index (χ2v) is 5.37. The summed E-state index contributed by atoms with van der Waals surface area (Å²) >= 11 is 12.0. The fourth-order valence-electron chi connectivity index (χ4n) is 2.11. The highest BCUT2D eigenvalue weighted by atomic mass is 35.5. The Morgan fingerprint density at radius 1 is 1.32 bits per heavy atom. The third-order valence-electron chi connectivity index (χ3n) is 3.17. The minimum atomic E-state index is -0.518. The van der Waals surface area contributed by atoms with Crippen LogP contribution in [0.2, 0.25) is 10.0 Å². The molecule has 19 heavy (non-hydrogen) atoms. The van der Waals surface area contributed by atoms with E-state index >= 15 is 0 Å². The molecule has 1 saturated carbocycles. The van der Waals surface area contributed by atoms with E-state index in [-0.39, 0.29) is 16.7 Å². The van der Waals surface area contributed by atoms with E-state index in [1.54, 1.807) is 0 Å². The van der Waals surface area contributed by atoms with Crippen molar-refractivity contribution in [1.82, 2.24) is 5.16 Å². The Hall–Kier alpha value is -1.10. The molecule has 1 heterocycles. The van der Waals surface area contributed by atoms with E-state index in [4.69, 9.17) is 27.7 Å². The Morgan fingerprint density at radius 2 is 1.95 bits per heavy atom. The predicted octanol–water partition coefficient (Wildman–Crippen LogP) is 4.16. The maximum atomic E-state index is 13.2. The van der Waals surface area contributed by atoms with E-state index < -0.39 is 5.82 Å². The van der Waals surface area contributed by atoms with Gasteiger partial charge in [0.2, 0.25) is 0 Å². The van der Waals surface area contributed by atoms with Crippen LogP contribution in [0.25, 0.3) is 11.3 Å². The van der Waals surface area contributed by atoms with Crippen LogP contribution in [0.4, 0.5) is 4.39 Å². The number of aliphatic hydroxyl groups is 1. The molecular formula is C13H10Cl2FNO2. The molecular weight excluding hydrogens is 292 g/mol. The van der Waals surface area contributed by atoms with Crippen molar-refractivity contribution in [3.05, 3.63) is 39.3 Å². The van der Waals surface area contributed by atoms with Gasteiger partial charge in [-0.05, 0) is 25.0 Å². The molecule has 3 nitrogen and oxygen atoms in total. The van der Waals surface area contributed by atoms with E-state index in [1.165, 1.54) is 0 Å². The van der Waals surface area contributed by atoms with Crippen LogP contribution in [0.15, 0.2) is 16.7 Å². The molecule has 1 aromatic carbocycles. The summed E-state index contributed by atoms with van der Waals surface area (Å²) in [4.78, 5) is 0. The highest BCUT2D eigenvalue weighted by Crippen LogP contribution is 2.45. The van der Waals surface area contributed by atoms with Crippen molar-refractivity contribution in [3.63, 3.8) is 0 Å². The molecule has 6 heteroatoms. The minimum absolute atomic E-state index is 0.148. The number of hydrogen-bond donors (Lipinski definition) is 1. The summed E-state index contributed by atoms with van der Waals surface area (Å²) in [7, 11) is 0. The molecule has 0 amide bonds. The summed E-state index contributed by atoms with van der Waals surface area (Å²) in [5, 5.41) is 13.7. The van der Waals surface area contributed by atoms with Gasteiger partial charge in [-0.3, -0.25) is 0 Å². The first-order chi connectivity index (χ1) is 9.11. The van der Waals surface area contributed by atoms with E-state index in [0.29, 0.717) is 28.5 Å². The molecule has 1 N–H and O–H groups in total. The molecule has 1 fully saturated rings. The first kappa shape index (κ1) is 12.9. The van der Waals surface area contributed by atoms with Crippen LogP contribution >= 0.6 is 23.2 Å². The number of hydrogen-bond acceptors (Lipinski definition) is 3. The van der Waals surface area contributed by atoms with Crippen molar-refractivity contribution in [3.8, 4) is 11.3 Å². The van der Waals surface area contributed by atoms with Gasteiger partial charge in [-0.25, -0.2) is 4.39 Å². The van der Waals surface area contributed by atoms with Gasteiger partial charge in [0.15, 0.2) is 0 Å². The van der Waals surface area contributed by atoms with E-state index in [2.05, 4.69) is 5.16 Å². The summed E-state index contributed by atoms with van der Waals surface area (Å²) in [6, 6.07) is 2.32. The van der Waals surface area contributed by atoms with E-state index in [0.717, 1.165) is 25.0 Å². The van der Waals surface area contributed by atoms with Gasteiger partial charge in [-0.1, -0.05) is 28.4 Å². The molecule has 1 aliphatic rings. The summed E-state index contributed by atoms with van der Waals surface area (Å²) in [5.74, 6) is 0.463. The number of halogens is 3. The quantitative estimate of drug-likeness (QED) is 0.926. The van der Waals surface area contributed by atoms with Crippen LogP contribution in [0.1, 0.15) is 30.1 Å². The molecule has 0 aliphatic heterocycles. The second-order valence-electron chi connectivity index (χ2n) is 4.55. The maximum absolute atomic E-state index is 13.2. The van der Waals surface area contributed by atoms with Gasteiger partial charge in [0, 0.05) is 17.0 Å². The monoisotopic (exact) mass is 301 g/mol. The van der Waals surface area contributed by atoms with Gasteiger partial charge >= 0.3 is 0 Å². The first-order valence-electron chi connectivity index (χ1n) is 5.86. The van der Waals surface area contributed by atoms with Crippen molar-refractivity contribution in [1.29, 1.82) is 0 Å². The topological polar surface area (TPSA) is 46.3 Å². The zero-order valence-electron chi connectivity index (χ0n) is 9.79. The Morgan fingerprint density at radius 3 is 2.47 bits per heavy atom. The third-order valence-corrected chi connectivity index (χ3v) is 3.76. The lowest BCUT2D eigenvalue weighted by molar-refractivity contribution is 0.277. The molecule has 0 spiro atoms. The molecule has 2 aromatic rings. The Kier molecular flexibility index (Phi) is 3.25. The molecule has 0 unspecified atom stereocenters. The fraction of sp³-hybridized carbons (Fsp3) is 0.308. The Bertz CT molecular complexity index is 615. The van der Waals surface area contributed by atoms with Gasteiger partial charge in [0.05, 0.1) is 16.7 Å². The maximum Gasteiger partial charge on any atom is 0.145 e. The predicted molar refractivity (Wildman–Crippen MR) is 69.8 cm³/mol. The Balaban J connectivity index is 2.17. The van der Waals surface area contributed by atoms with Crippen LogP contribution in [0, 0.1) is 5.82 Å². The third kappa shape index (κ3) is 2.24. The minimum Gasteiger partial charge on any atom is -0.391 e. The number of aliphatic hydroxyl groups excluding tert-OH is 1. The number of benzene rings is 1. The molecule has 1 aromatic heterocycles. The second kappa shape index (κ2) is 4.78. The number of aromatic nitrogens is 1. The highest BCUT2D eigenvalue weighted by molar-refractivity contribution is 6.39. The highest BCUT2D eigenvalue weighted by Gasteiger charge is 2.33. The smallest absolute Gasteiger partial charge is 0.145 e. The summed E-state index contributed by atoms with van der Waals surface area (Å²) in [6.45, 7) is -0.214.